The number of methoxy groups -OCH3 is 1. The Morgan fingerprint density at radius 3 is 2.60 bits per heavy atom. The van der Waals surface area contributed by atoms with Gasteiger partial charge in [-0.05, 0) is 66.8 Å². The van der Waals surface area contributed by atoms with Crippen LogP contribution in [0.15, 0.2) is 66.7 Å². The third kappa shape index (κ3) is 4.13. The Balaban J connectivity index is 1.55. The van der Waals surface area contributed by atoms with Crippen molar-refractivity contribution in [1.29, 1.82) is 0 Å². The van der Waals surface area contributed by atoms with Gasteiger partial charge in [0, 0.05) is 11.1 Å². The molecule has 150 valence electrons. The molecule has 8 heteroatoms. The van der Waals surface area contributed by atoms with E-state index in [4.69, 9.17) is 17.0 Å². The van der Waals surface area contributed by atoms with Crippen LogP contribution in [0.3, 0.4) is 0 Å². The molecule has 0 fully saturated rings. The van der Waals surface area contributed by atoms with Crippen LogP contribution in [-0.4, -0.2) is 28.1 Å². The highest BCUT2D eigenvalue weighted by Gasteiger charge is 2.13. The molecule has 3 N–H and O–H groups in total. The van der Waals surface area contributed by atoms with Gasteiger partial charge in [-0.15, -0.1) is 0 Å². The number of aromatic amines is 1. The number of aromatic nitrogens is 2. The molecule has 0 saturated heterocycles. The second-order valence-electron chi connectivity index (χ2n) is 6.43. The molecule has 4 rings (SSSR count). The van der Waals surface area contributed by atoms with E-state index < -0.39 is 11.7 Å². The van der Waals surface area contributed by atoms with Crippen molar-refractivity contribution in [3.63, 3.8) is 0 Å². The number of benzene rings is 3. The maximum atomic E-state index is 13.0. The van der Waals surface area contributed by atoms with Gasteiger partial charge < -0.3 is 15.0 Å². The fourth-order valence-electron chi connectivity index (χ4n) is 2.97. The summed E-state index contributed by atoms with van der Waals surface area (Å²) in [6.45, 7) is 0. The van der Waals surface area contributed by atoms with Gasteiger partial charge in [-0.25, -0.2) is 9.37 Å². The first-order valence-electron chi connectivity index (χ1n) is 9.04. The summed E-state index contributed by atoms with van der Waals surface area (Å²) >= 11 is 5.26. The standard InChI is InChI=1S/C22H17FN4O2S/c1-29-19-11-8-14(20-24-16-4-2-3-5-17(16)25-20)12-18(19)26-22(30)27-21(28)13-6-9-15(23)10-7-13/h2-12H,1H3,(H,24,25)(H2,26,27,28,30). The average molecular weight is 420 g/mol. The van der Waals surface area contributed by atoms with Crippen molar-refractivity contribution in [3.05, 3.63) is 78.1 Å². The van der Waals surface area contributed by atoms with Crippen molar-refractivity contribution in [2.24, 2.45) is 0 Å². The summed E-state index contributed by atoms with van der Waals surface area (Å²) in [6, 6.07) is 18.4. The number of para-hydroxylation sites is 2. The first-order valence-corrected chi connectivity index (χ1v) is 9.45. The maximum absolute atomic E-state index is 13.0. The third-order valence-corrected chi connectivity index (χ3v) is 4.65. The molecular weight excluding hydrogens is 403 g/mol. The minimum absolute atomic E-state index is 0.0874. The monoisotopic (exact) mass is 420 g/mol. The number of carbonyl (C=O) groups excluding carboxylic acids is 1. The predicted octanol–water partition coefficient (Wildman–Crippen LogP) is 4.50. The van der Waals surface area contributed by atoms with E-state index in [0.717, 1.165) is 16.6 Å². The van der Waals surface area contributed by atoms with Crippen LogP contribution in [0.1, 0.15) is 10.4 Å². The summed E-state index contributed by atoms with van der Waals surface area (Å²) < 4.78 is 18.4. The van der Waals surface area contributed by atoms with Gasteiger partial charge in [0.05, 0.1) is 23.8 Å². The zero-order valence-electron chi connectivity index (χ0n) is 15.9. The molecule has 0 atom stereocenters. The Morgan fingerprint density at radius 1 is 1.10 bits per heavy atom. The number of hydrogen-bond donors (Lipinski definition) is 3. The number of H-pyrrole nitrogens is 1. The van der Waals surface area contributed by atoms with Crippen LogP contribution in [0.5, 0.6) is 5.75 Å². The second-order valence-corrected chi connectivity index (χ2v) is 6.84. The number of amides is 1. The lowest BCUT2D eigenvalue weighted by atomic mass is 10.1. The Labute approximate surface area is 177 Å². The molecule has 0 unspecified atom stereocenters. The minimum Gasteiger partial charge on any atom is -0.495 e. The SMILES string of the molecule is COc1ccc(-c2nc3ccccc3[nH]2)cc1NC(=S)NC(=O)c1ccc(F)cc1. The first kappa shape index (κ1) is 19.5. The topological polar surface area (TPSA) is 79.0 Å². The molecule has 1 amide bonds. The Morgan fingerprint density at radius 2 is 1.87 bits per heavy atom. The van der Waals surface area contributed by atoms with Gasteiger partial charge >= 0.3 is 0 Å². The zero-order chi connectivity index (χ0) is 21.1. The fourth-order valence-corrected chi connectivity index (χ4v) is 3.18. The van der Waals surface area contributed by atoms with E-state index in [-0.39, 0.29) is 5.11 Å². The van der Waals surface area contributed by atoms with Gasteiger partial charge in [-0.3, -0.25) is 10.1 Å². The van der Waals surface area contributed by atoms with Crippen LogP contribution < -0.4 is 15.4 Å². The van der Waals surface area contributed by atoms with E-state index in [2.05, 4.69) is 20.6 Å². The number of halogens is 1. The van der Waals surface area contributed by atoms with Gasteiger partial charge in [0.15, 0.2) is 5.11 Å². The summed E-state index contributed by atoms with van der Waals surface area (Å²) in [6.07, 6.45) is 0. The molecule has 0 aliphatic rings. The number of thiocarbonyl (C=S) groups is 1. The minimum atomic E-state index is -0.445. The summed E-state index contributed by atoms with van der Waals surface area (Å²) in [5.41, 5.74) is 3.48. The van der Waals surface area contributed by atoms with Gasteiger partial charge in [0.1, 0.15) is 17.4 Å². The van der Waals surface area contributed by atoms with Crippen LogP contribution in [0.25, 0.3) is 22.4 Å². The number of fused-ring (bicyclic) bond motifs is 1. The average Bonchev–Trinajstić information content (AvgIpc) is 3.18. The van der Waals surface area contributed by atoms with E-state index in [9.17, 15) is 9.18 Å². The lowest BCUT2D eigenvalue weighted by Crippen LogP contribution is -2.34. The Hall–Kier alpha value is -3.78. The highest BCUT2D eigenvalue weighted by atomic mass is 32.1. The number of nitrogens with one attached hydrogen (secondary N) is 3. The maximum Gasteiger partial charge on any atom is 0.257 e. The summed E-state index contributed by atoms with van der Waals surface area (Å²) in [4.78, 5) is 20.2. The van der Waals surface area contributed by atoms with Crippen molar-refractivity contribution < 1.29 is 13.9 Å². The van der Waals surface area contributed by atoms with Crippen LogP contribution in [0.4, 0.5) is 10.1 Å². The van der Waals surface area contributed by atoms with E-state index in [0.29, 0.717) is 22.8 Å². The van der Waals surface area contributed by atoms with Gasteiger partial charge in [0.2, 0.25) is 0 Å². The molecule has 0 saturated carbocycles. The van der Waals surface area contributed by atoms with Gasteiger partial charge in [0.25, 0.3) is 5.91 Å². The number of rotatable bonds is 4. The predicted molar refractivity (Wildman–Crippen MR) is 118 cm³/mol. The number of nitrogens with zero attached hydrogens (tertiary/aromatic N) is 1. The number of carbonyl (C=O) groups is 1. The van der Waals surface area contributed by atoms with Crippen molar-refractivity contribution in [1.82, 2.24) is 15.3 Å². The molecule has 0 radical (unpaired) electrons. The summed E-state index contributed by atoms with van der Waals surface area (Å²) in [7, 11) is 1.54. The van der Waals surface area contributed by atoms with Crippen LogP contribution in [0.2, 0.25) is 0 Å². The summed E-state index contributed by atoms with van der Waals surface area (Å²) in [5.74, 6) is 0.385. The number of hydrogen-bond acceptors (Lipinski definition) is 4. The van der Waals surface area contributed by atoms with Crippen LogP contribution in [-0.2, 0) is 0 Å². The number of ether oxygens (including phenoxy) is 1. The van der Waals surface area contributed by atoms with E-state index in [1.165, 1.54) is 24.3 Å². The van der Waals surface area contributed by atoms with E-state index in [1.54, 1.807) is 13.2 Å². The lowest BCUT2D eigenvalue weighted by Gasteiger charge is -2.14. The zero-order valence-corrected chi connectivity index (χ0v) is 16.7. The molecule has 3 aromatic carbocycles. The second kappa shape index (κ2) is 8.30. The van der Waals surface area contributed by atoms with Gasteiger partial charge in [-0.1, -0.05) is 12.1 Å². The molecule has 6 nitrogen and oxygen atoms in total. The largest absolute Gasteiger partial charge is 0.495 e. The quantitative estimate of drug-likeness (QED) is 0.424. The fraction of sp³-hybridized carbons (Fsp3) is 0.0455. The van der Waals surface area contributed by atoms with Crippen LogP contribution >= 0.6 is 12.2 Å². The van der Waals surface area contributed by atoms with E-state index in [1.807, 2.05) is 36.4 Å². The molecule has 0 spiro atoms. The van der Waals surface area contributed by atoms with Gasteiger partial charge in [-0.2, -0.15) is 0 Å². The molecule has 1 heterocycles. The molecule has 1 aromatic heterocycles. The molecule has 0 aliphatic carbocycles. The van der Waals surface area contributed by atoms with E-state index >= 15 is 0 Å². The van der Waals surface area contributed by atoms with Crippen molar-refractivity contribution >= 4 is 40.0 Å². The number of anilines is 1. The molecule has 4 aromatic rings. The molecule has 0 bridgehead atoms. The highest BCUT2D eigenvalue weighted by molar-refractivity contribution is 7.80. The van der Waals surface area contributed by atoms with Crippen molar-refractivity contribution in [2.45, 2.75) is 0 Å². The molecule has 30 heavy (non-hydrogen) atoms. The van der Waals surface area contributed by atoms with Crippen molar-refractivity contribution in [3.8, 4) is 17.1 Å². The molecule has 0 aliphatic heterocycles. The number of imidazole rings is 1. The normalized spacial score (nSPS) is 10.6. The van der Waals surface area contributed by atoms with Crippen molar-refractivity contribution in [2.75, 3.05) is 12.4 Å². The smallest absolute Gasteiger partial charge is 0.257 e. The lowest BCUT2D eigenvalue weighted by molar-refractivity contribution is 0.0977. The summed E-state index contributed by atoms with van der Waals surface area (Å²) in [5, 5.41) is 5.64. The Kier molecular flexibility index (Phi) is 5.40. The van der Waals surface area contributed by atoms with Crippen LogP contribution in [0, 0.1) is 5.82 Å². The third-order valence-electron chi connectivity index (χ3n) is 4.44. The Bertz CT molecular complexity index is 1200. The molecular formula is C22H17FN4O2S. The first-order chi connectivity index (χ1) is 14.5. The highest BCUT2D eigenvalue weighted by Crippen LogP contribution is 2.30.